The first-order valence-corrected chi connectivity index (χ1v) is 7.71. The molecule has 0 bridgehead atoms. The van der Waals surface area contributed by atoms with Gasteiger partial charge in [0.05, 0.1) is 18.4 Å². The van der Waals surface area contributed by atoms with Crippen LogP contribution in [0.2, 0.25) is 0 Å². The third kappa shape index (κ3) is 5.25. The summed E-state index contributed by atoms with van der Waals surface area (Å²) in [7, 11) is 2.93. The van der Waals surface area contributed by atoms with E-state index in [2.05, 4.69) is 20.8 Å². The molecule has 0 aliphatic carbocycles. The zero-order valence-electron chi connectivity index (χ0n) is 14.1. The number of para-hydroxylation sites is 1. The second kappa shape index (κ2) is 9.33. The summed E-state index contributed by atoms with van der Waals surface area (Å²) in [6.45, 7) is 1.35. The van der Waals surface area contributed by atoms with E-state index in [-0.39, 0.29) is 11.3 Å². The summed E-state index contributed by atoms with van der Waals surface area (Å²) in [5, 5.41) is 13.6. The Kier molecular flexibility index (Phi) is 6.85. The van der Waals surface area contributed by atoms with Gasteiger partial charge in [0, 0.05) is 20.3 Å². The van der Waals surface area contributed by atoms with Crippen molar-refractivity contribution in [3.8, 4) is 0 Å². The topological polar surface area (TPSA) is 102 Å². The smallest absolute Gasteiger partial charge is 0.339 e. The van der Waals surface area contributed by atoms with Gasteiger partial charge in [-0.2, -0.15) is 0 Å². The fourth-order valence-electron chi connectivity index (χ4n) is 2.05. The van der Waals surface area contributed by atoms with Crippen LogP contribution in [0.1, 0.15) is 27.3 Å². The second-order valence-corrected chi connectivity index (χ2v) is 5.07. The number of ether oxygens (including phenoxy) is 2. The van der Waals surface area contributed by atoms with E-state index in [0.29, 0.717) is 24.7 Å². The molecule has 0 aliphatic heterocycles. The van der Waals surface area contributed by atoms with E-state index in [0.717, 1.165) is 6.42 Å². The molecule has 1 amide bonds. The summed E-state index contributed by atoms with van der Waals surface area (Å²) in [5.41, 5.74) is 0.757. The second-order valence-electron chi connectivity index (χ2n) is 5.07. The first-order chi connectivity index (χ1) is 12.2. The molecule has 1 heterocycles. The molecule has 8 heteroatoms. The highest BCUT2D eigenvalue weighted by molar-refractivity contribution is 6.07. The van der Waals surface area contributed by atoms with Crippen molar-refractivity contribution in [3.63, 3.8) is 0 Å². The molecular weight excluding hydrogens is 324 g/mol. The van der Waals surface area contributed by atoms with Crippen molar-refractivity contribution in [2.45, 2.75) is 6.42 Å². The minimum Gasteiger partial charge on any atom is -0.465 e. The minimum atomic E-state index is -0.530. The fourth-order valence-corrected chi connectivity index (χ4v) is 2.05. The number of hydrogen-bond donors (Lipinski definition) is 2. The maximum absolute atomic E-state index is 12.3. The highest BCUT2D eigenvalue weighted by Gasteiger charge is 2.15. The van der Waals surface area contributed by atoms with E-state index in [1.807, 2.05) is 0 Å². The SMILES string of the molecule is COCCCNc1ccc(C(=O)Nc2ccccc2C(=O)OC)nn1. The van der Waals surface area contributed by atoms with E-state index in [9.17, 15) is 9.59 Å². The number of amides is 1. The van der Waals surface area contributed by atoms with Crippen molar-refractivity contribution in [2.75, 3.05) is 38.0 Å². The van der Waals surface area contributed by atoms with Gasteiger partial charge < -0.3 is 20.1 Å². The Balaban J connectivity index is 2.01. The summed E-state index contributed by atoms with van der Waals surface area (Å²) in [4.78, 5) is 24.0. The molecule has 2 N–H and O–H groups in total. The van der Waals surface area contributed by atoms with Crippen molar-refractivity contribution in [1.29, 1.82) is 0 Å². The number of carbonyl (C=O) groups is 2. The molecular formula is C17H20N4O4. The molecule has 2 rings (SSSR count). The quantitative estimate of drug-likeness (QED) is 0.557. The van der Waals surface area contributed by atoms with Gasteiger partial charge in [0.2, 0.25) is 0 Å². The molecule has 0 saturated carbocycles. The summed E-state index contributed by atoms with van der Waals surface area (Å²) < 4.78 is 9.66. The maximum Gasteiger partial charge on any atom is 0.339 e. The number of nitrogens with zero attached hydrogens (tertiary/aromatic N) is 2. The molecule has 2 aromatic rings. The van der Waals surface area contributed by atoms with Gasteiger partial charge in [-0.1, -0.05) is 12.1 Å². The van der Waals surface area contributed by atoms with Crippen LogP contribution in [0.4, 0.5) is 11.5 Å². The number of hydrogen-bond acceptors (Lipinski definition) is 7. The number of anilines is 2. The lowest BCUT2D eigenvalue weighted by atomic mass is 10.1. The van der Waals surface area contributed by atoms with Crippen molar-refractivity contribution in [2.24, 2.45) is 0 Å². The normalized spacial score (nSPS) is 10.2. The van der Waals surface area contributed by atoms with Gasteiger partial charge >= 0.3 is 5.97 Å². The molecule has 132 valence electrons. The van der Waals surface area contributed by atoms with Gasteiger partial charge in [-0.3, -0.25) is 4.79 Å². The van der Waals surface area contributed by atoms with Crippen molar-refractivity contribution < 1.29 is 19.1 Å². The molecule has 0 aliphatic rings. The van der Waals surface area contributed by atoms with Gasteiger partial charge in [-0.05, 0) is 30.7 Å². The van der Waals surface area contributed by atoms with Crippen LogP contribution < -0.4 is 10.6 Å². The lowest BCUT2D eigenvalue weighted by molar-refractivity contribution is 0.0602. The molecule has 1 aromatic heterocycles. The van der Waals surface area contributed by atoms with E-state index in [4.69, 9.17) is 9.47 Å². The fraction of sp³-hybridized carbons (Fsp3) is 0.294. The summed E-state index contributed by atoms with van der Waals surface area (Å²) in [6, 6.07) is 9.80. The summed E-state index contributed by atoms with van der Waals surface area (Å²) in [6.07, 6.45) is 0.838. The molecule has 8 nitrogen and oxygen atoms in total. The molecule has 0 radical (unpaired) electrons. The van der Waals surface area contributed by atoms with Crippen LogP contribution in [-0.2, 0) is 9.47 Å². The summed E-state index contributed by atoms with van der Waals surface area (Å²) in [5.74, 6) is -0.421. The molecule has 1 aromatic carbocycles. The van der Waals surface area contributed by atoms with Crippen LogP contribution in [-0.4, -0.2) is 49.4 Å². The third-order valence-corrected chi connectivity index (χ3v) is 3.31. The zero-order chi connectivity index (χ0) is 18.1. The lowest BCUT2D eigenvalue weighted by Gasteiger charge is -2.09. The lowest BCUT2D eigenvalue weighted by Crippen LogP contribution is -2.17. The van der Waals surface area contributed by atoms with Crippen molar-refractivity contribution in [3.05, 3.63) is 47.7 Å². The maximum atomic E-state index is 12.3. The van der Waals surface area contributed by atoms with Crippen molar-refractivity contribution in [1.82, 2.24) is 10.2 Å². The Morgan fingerprint density at radius 2 is 1.88 bits per heavy atom. The zero-order valence-corrected chi connectivity index (χ0v) is 14.1. The minimum absolute atomic E-state index is 0.141. The van der Waals surface area contributed by atoms with Crippen LogP contribution in [0.3, 0.4) is 0 Å². The summed E-state index contributed by atoms with van der Waals surface area (Å²) >= 11 is 0. The largest absolute Gasteiger partial charge is 0.465 e. The van der Waals surface area contributed by atoms with Gasteiger partial charge in [0.15, 0.2) is 5.69 Å². The van der Waals surface area contributed by atoms with E-state index in [1.165, 1.54) is 7.11 Å². The average molecular weight is 344 g/mol. The molecule has 0 spiro atoms. The van der Waals surface area contributed by atoms with Crippen LogP contribution >= 0.6 is 0 Å². The number of benzene rings is 1. The number of methoxy groups -OCH3 is 2. The van der Waals surface area contributed by atoms with Crippen LogP contribution in [0.15, 0.2) is 36.4 Å². The van der Waals surface area contributed by atoms with Crippen LogP contribution in [0.25, 0.3) is 0 Å². The standard InChI is InChI=1S/C17H20N4O4/c1-24-11-5-10-18-15-9-8-14(20-21-15)16(22)19-13-7-4-3-6-12(13)17(23)25-2/h3-4,6-9H,5,10-11H2,1-2H3,(H,18,21)(H,19,22). The number of carbonyl (C=O) groups excluding carboxylic acids is 2. The van der Waals surface area contributed by atoms with Crippen molar-refractivity contribution >= 4 is 23.4 Å². The monoisotopic (exact) mass is 344 g/mol. The average Bonchev–Trinajstić information content (AvgIpc) is 2.65. The van der Waals surface area contributed by atoms with Gasteiger partial charge in [0.25, 0.3) is 5.91 Å². The molecule has 25 heavy (non-hydrogen) atoms. The Hall–Kier alpha value is -3.00. The van der Waals surface area contributed by atoms with Gasteiger partial charge in [-0.15, -0.1) is 10.2 Å². The van der Waals surface area contributed by atoms with E-state index in [1.54, 1.807) is 43.5 Å². The number of esters is 1. The number of rotatable bonds is 8. The molecule has 0 unspecified atom stereocenters. The van der Waals surface area contributed by atoms with Gasteiger partial charge in [-0.25, -0.2) is 4.79 Å². The Morgan fingerprint density at radius 1 is 1.08 bits per heavy atom. The highest BCUT2D eigenvalue weighted by atomic mass is 16.5. The number of aromatic nitrogens is 2. The molecule has 0 saturated heterocycles. The highest BCUT2D eigenvalue weighted by Crippen LogP contribution is 2.17. The van der Waals surface area contributed by atoms with Crippen LogP contribution in [0.5, 0.6) is 0 Å². The Bertz CT molecular complexity index is 719. The van der Waals surface area contributed by atoms with Gasteiger partial charge in [0.1, 0.15) is 5.82 Å². The third-order valence-electron chi connectivity index (χ3n) is 3.31. The predicted octanol–water partition coefficient (Wildman–Crippen LogP) is 1.96. The first-order valence-electron chi connectivity index (χ1n) is 7.71. The molecule has 0 atom stereocenters. The predicted molar refractivity (Wildman–Crippen MR) is 92.7 cm³/mol. The van der Waals surface area contributed by atoms with E-state index < -0.39 is 11.9 Å². The van der Waals surface area contributed by atoms with Crippen LogP contribution in [0, 0.1) is 0 Å². The Labute approximate surface area is 145 Å². The number of nitrogens with one attached hydrogen (secondary N) is 2. The Morgan fingerprint density at radius 3 is 2.56 bits per heavy atom. The van der Waals surface area contributed by atoms with E-state index >= 15 is 0 Å². The molecule has 0 fully saturated rings. The first kappa shape index (κ1) is 18.3.